The highest BCUT2D eigenvalue weighted by atomic mass is 32.2. The van der Waals surface area contributed by atoms with Crippen molar-refractivity contribution in [3.63, 3.8) is 0 Å². The van der Waals surface area contributed by atoms with E-state index in [2.05, 4.69) is 32.0 Å². The van der Waals surface area contributed by atoms with E-state index in [4.69, 9.17) is 0 Å². The van der Waals surface area contributed by atoms with Crippen molar-refractivity contribution in [1.29, 1.82) is 0 Å². The molecular weight excluding hydrogens is 200 g/mol. The molecule has 0 radical (unpaired) electrons. The minimum Gasteiger partial charge on any atom is -0.0617 e. The largest absolute Gasteiger partial charge is 0.133 e. The van der Waals surface area contributed by atoms with Crippen LogP contribution in [-0.2, 0) is 16.6 Å². The molecule has 0 bridgehead atoms. The van der Waals surface area contributed by atoms with Crippen LogP contribution in [-0.4, -0.2) is 11.5 Å². The highest BCUT2D eigenvalue weighted by molar-refractivity contribution is 7.96. The molecule has 0 unspecified atom stereocenters. The van der Waals surface area contributed by atoms with E-state index in [-0.39, 0.29) is 0 Å². The van der Waals surface area contributed by atoms with Crippen LogP contribution in [0.25, 0.3) is 0 Å². The molecule has 1 aliphatic rings. The van der Waals surface area contributed by atoms with E-state index in [0.29, 0.717) is 10.9 Å². The molecule has 0 amide bonds. The van der Waals surface area contributed by atoms with Crippen LogP contribution in [0.5, 0.6) is 0 Å². The Morgan fingerprint density at radius 1 is 1.00 bits per heavy atom. The summed E-state index contributed by atoms with van der Waals surface area (Å²) in [6.45, 7) is 4.52. The predicted octanol–water partition coefficient (Wildman–Crippen LogP) is 3.61. The summed E-state index contributed by atoms with van der Waals surface area (Å²) in [5, 5.41) is 0. The van der Waals surface area contributed by atoms with Gasteiger partial charge in [-0.1, -0.05) is 18.2 Å². The van der Waals surface area contributed by atoms with Gasteiger partial charge in [0.25, 0.3) is 0 Å². The maximum atomic E-state index is 2.26. The van der Waals surface area contributed by atoms with E-state index in [1.165, 1.54) is 47.6 Å². The Morgan fingerprint density at radius 3 is 2.20 bits per heavy atom. The topological polar surface area (TPSA) is 0 Å². The van der Waals surface area contributed by atoms with Crippen molar-refractivity contribution in [3.8, 4) is 0 Å². The highest BCUT2D eigenvalue weighted by Crippen LogP contribution is 2.22. The van der Waals surface area contributed by atoms with E-state index in [9.17, 15) is 0 Å². The second-order valence-corrected chi connectivity index (χ2v) is 6.93. The maximum absolute atomic E-state index is 2.26. The van der Waals surface area contributed by atoms with Gasteiger partial charge in [-0.3, -0.25) is 0 Å². The quantitative estimate of drug-likeness (QED) is 0.669. The van der Waals surface area contributed by atoms with Crippen LogP contribution in [0, 0.1) is 13.8 Å². The van der Waals surface area contributed by atoms with Crippen molar-refractivity contribution in [2.24, 2.45) is 0 Å². The smallest absolute Gasteiger partial charge is 0.0617 e. The van der Waals surface area contributed by atoms with Crippen LogP contribution in [0.4, 0.5) is 0 Å². The Balaban J connectivity index is 2.09. The molecule has 1 fully saturated rings. The molecule has 1 heteroatoms. The van der Waals surface area contributed by atoms with Crippen molar-refractivity contribution in [3.05, 3.63) is 34.9 Å². The molecular formula is C14H21S+. The third-order valence-corrected chi connectivity index (χ3v) is 5.79. The summed E-state index contributed by atoms with van der Waals surface area (Å²) >= 11 is 0. The molecule has 1 aromatic rings. The Labute approximate surface area is 96.4 Å². The Bertz CT molecular complexity index is 304. The molecule has 1 saturated heterocycles. The minimum atomic E-state index is 0.684. The van der Waals surface area contributed by atoms with Gasteiger partial charge in [-0.2, -0.15) is 0 Å². The molecule has 2 rings (SSSR count). The first-order chi connectivity index (χ1) is 7.27. The van der Waals surface area contributed by atoms with E-state index in [1.54, 1.807) is 5.56 Å². The summed E-state index contributed by atoms with van der Waals surface area (Å²) in [6.07, 6.45) is 4.40. The lowest BCUT2D eigenvalue weighted by Gasteiger charge is -2.16. The number of hydrogen-bond acceptors (Lipinski definition) is 0. The second-order valence-electron chi connectivity index (χ2n) is 4.60. The van der Waals surface area contributed by atoms with E-state index >= 15 is 0 Å². The summed E-state index contributed by atoms with van der Waals surface area (Å²) < 4.78 is 0. The minimum absolute atomic E-state index is 0.684. The van der Waals surface area contributed by atoms with Gasteiger partial charge in [-0.25, -0.2) is 0 Å². The summed E-state index contributed by atoms with van der Waals surface area (Å²) in [7, 11) is 0.684. The fourth-order valence-corrected chi connectivity index (χ4v) is 4.90. The standard InChI is InChI=1S/C14H21S/c1-12-7-6-8-13(2)14(12)11-15-9-4-3-5-10-15/h6-8H,3-5,9-11H2,1-2H3/q+1. The third-order valence-electron chi connectivity index (χ3n) is 3.36. The van der Waals surface area contributed by atoms with Gasteiger partial charge < -0.3 is 0 Å². The van der Waals surface area contributed by atoms with Gasteiger partial charge in [-0.15, -0.1) is 0 Å². The van der Waals surface area contributed by atoms with Crippen LogP contribution in [0.2, 0.25) is 0 Å². The Morgan fingerprint density at radius 2 is 1.60 bits per heavy atom. The predicted molar refractivity (Wildman–Crippen MR) is 70.6 cm³/mol. The fraction of sp³-hybridized carbons (Fsp3) is 0.571. The van der Waals surface area contributed by atoms with Crippen molar-refractivity contribution in [2.75, 3.05) is 11.5 Å². The van der Waals surface area contributed by atoms with Gasteiger partial charge >= 0.3 is 0 Å². The van der Waals surface area contributed by atoms with Gasteiger partial charge in [0.15, 0.2) is 0 Å². The zero-order valence-corrected chi connectivity index (χ0v) is 10.7. The molecule has 1 aliphatic heterocycles. The molecule has 0 N–H and O–H groups in total. The molecule has 0 spiro atoms. The number of aryl methyl sites for hydroxylation is 2. The summed E-state index contributed by atoms with van der Waals surface area (Å²) in [5.74, 6) is 4.31. The van der Waals surface area contributed by atoms with Crippen molar-refractivity contribution >= 4 is 10.9 Å². The molecule has 15 heavy (non-hydrogen) atoms. The Hall–Kier alpha value is -0.430. The molecule has 0 aromatic heterocycles. The van der Waals surface area contributed by atoms with Crippen molar-refractivity contribution in [1.82, 2.24) is 0 Å². The summed E-state index contributed by atoms with van der Waals surface area (Å²) in [5.41, 5.74) is 4.61. The third kappa shape index (κ3) is 2.78. The molecule has 82 valence electrons. The zero-order chi connectivity index (χ0) is 10.7. The average Bonchev–Trinajstić information content (AvgIpc) is 2.25. The van der Waals surface area contributed by atoms with Gasteiger partial charge in [0, 0.05) is 5.56 Å². The molecule has 1 heterocycles. The summed E-state index contributed by atoms with van der Waals surface area (Å²) in [6, 6.07) is 6.70. The maximum Gasteiger partial charge on any atom is 0.133 e. The number of hydrogen-bond donors (Lipinski definition) is 0. The Kier molecular flexibility index (Phi) is 3.74. The van der Waals surface area contributed by atoms with Crippen LogP contribution < -0.4 is 0 Å². The lowest BCUT2D eigenvalue weighted by Crippen LogP contribution is -2.20. The molecule has 1 aromatic carbocycles. The van der Waals surface area contributed by atoms with Crippen molar-refractivity contribution < 1.29 is 0 Å². The van der Waals surface area contributed by atoms with Gasteiger partial charge in [-0.05, 0) is 55.1 Å². The zero-order valence-electron chi connectivity index (χ0n) is 9.88. The van der Waals surface area contributed by atoms with Crippen molar-refractivity contribution in [2.45, 2.75) is 38.9 Å². The normalized spacial score (nSPS) is 18.0. The molecule has 0 saturated carbocycles. The van der Waals surface area contributed by atoms with E-state index in [1.807, 2.05) is 0 Å². The van der Waals surface area contributed by atoms with E-state index < -0.39 is 0 Å². The number of benzene rings is 1. The molecule has 0 atom stereocenters. The first-order valence-corrected chi connectivity index (χ1v) is 7.70. The summed E-state index contributed by atoms with van der Waals surface area (Å²) in [4.78, 5) is 0. The van der Waals surface area contributed by atoms with Crippen LogP contribution in [0.1, 0.15) is 36.0 Å². The SMILES string of the molecule is Cc1cccc(C)c1C[S+]1CCCCC1. The van der Waals surface area contributed by atoms with Crippen LogP contribution in [0.3, 0.4) is 0 Å². The monoisotopic (exact) mass is 221 g/mol. The lowest BCUT2D eigenvalue weighted by atomic mass is 10.1. The van der Waals surface area contributed by atoms with Crippen LogP contribution in [0.15, 0.2) is 18.2 Å². The lowest BCUT2D eigenvalue weighted by molar-refractivity contribution is 0.755. The van der Waals surface area contributed by atoms with Gasteiger partial charge in [0.2, 0.25) is 0 Å². The highest BCUT2D eigenvalue weighted by Gasteiger charge is 2.23. The molecule has 0 nitrogen and oxygen atoms in total. The van der Waals surface area contributed by atoms with Crippen LogP contribution >= 0.6 is 0 Å². The fourth-order valence-electron chi connectivity index (χ4n) is 2.32. The second kappa shape index (κ2) is 5.07. The molecule has 0 aliphatic carbocycles. The van der Waals surface area contributed by atoms with Gasteiger partial charge in [0.05, 0.1) is 0 Å². The number of rotatable bonds is 2. The van der Waals surface area contributed by atoms with E-state index in [0.717, 1.165) is 0 Å². The first kappa shape index (κ1) is 11.1. The van der Waals surface area contributed by atoms with Gasteiger partial charge in [0.1, 0.15) is 17.3 Å². The average molecular weight is 221 g/mol. The first-order valence-electron chi connectivity index (χ1n) is 5.96.